The third-order valence-corrected chi connectivity index (χ3v) is 3.50. The first-order valence-corrected chi connectivity index (χ1v) is 6.42. The molecule has 1 amide bonds. The molecular weight excluding hydrogens is 228 g/mol. The Labute approximate surface area is 107 Å². The normalized spacial score (nSPS) is 23.7. The molecule has 0 aromatic heterocycles. The number of hydrogen-bond acceptors (Lipinski definition) is 3. The van der Waals surface area contributed by atoms with Crippen molar-refractivity contribution in [1.82, 2.24) is 5.32 Å². The molecule has 1 aliphatic rings. The van der Waals surface area contributed by atoms with E-state index in [-0.39, 0.29) is 23.7 Å². The second-order valence-corrected chi connectivity index (χ2v) is 5.11. The fourth-order valence-corrected chi connectivity index (χ4v) is 2.36. The first-order valence-electron chi connectivity index (χ1n) is 6.42. The molecule has 0 unspecified atom stereocenters. The Morgan fingerprint density at radius 3 is 2.61 bits per heavy atom. The van der Waals surface area contributed by atoms with Gasteiger partial charge < -0.3 is 16.2 Å². The van der Waals surface area contributed by atoms with Gasteiger partial charge in [0.2, 0.25) is 0 Å². The van der Waals surface area contributed by atoms with Crippen molar-refractivity contribution in [2.24, 2.45) is 5.73 Å². The number of amides is 1. The van der Waals surface area contributed by atoms with Gasteiger partial charge in [-0.2, -0.15) is 0 Å². The van der Waals surface area contributed by atoms with E-state index in [1.54, 1.807) is 12.1 Å². The summed E-state index contributed by atoms with van der Waals surface area (Å²) in [5, 5.41) is 12.7. The minimum Gasteiger partial charge on any atom is -0.507 e. The highest BCUT2D eigenvalue weighted by Crippen LogP contribution is 2.21. The lowest BCUT2D eigenvalue weighted by Gasteiger charge is -2.26. The van der Waals surface area contributed by atoms with E-state index in [0.717, 1.165) is 31.2 Å². The lowest BCUT2D eigenvalue weighted by atomic mass is 9.91. The third-order valence-electron chi connectivity index (χ3n) is 3.50. The van der Waals surface area contributed by atoms with Gasteiger partial charge in [0.1, 0.15) is 5.75 Å². The zero-order valence-corrected chi connectivity index (χ0v) is 10.6. The van der Waals surface area contributed by atoms with Gasteiger partial charge in [-0.05, 0) is 50.3 Å². The maximum absolute atomic E-state index is 12.0. The lowest BCUT2D eigenvalue weighted by molar-refractivity contribution is 0.0923. The number of phenolic OH excluding ortho intramolecular Hbond substituents is 1. The largest absolute Gasteiger partial charge is 0.507 e. The monoisotopic (exact) mass is 248 g/mol. The van der Waals surface area contributed by atoms with E-state index in [0.29, 0.717) is 5.56 Å². The third kappa shape index (κ3) is 3.01. The average Bonchev–Trinajstić information content (AvgIpc) is 2.32. The number of phenols is 1. The number of carbonyl (C=O) groups is 1. The molecule has 2 rings (SSSR count). The zero-order chi connectivity index (χ0) is 13.1. The molecule has 1 fully saturated rings. The van der Waals surface area contributed by atoms with Crippen molar-refractivity contribution in [3.8, 4) is 5.75 Å². The molecular formula is C14H20N2O2. The zero-order valence-electron chi connectivity index (χ0n) is 10.6. The van der Waals surface area contributed by atoms with Gasteiger partial charge >= 0.3 is 0 Å². The summed E-state index contributed by atoms with van der Waals surface area (Å²) in [6.45, 7) is 1.88. The second kappa shape index (κ2) is 5.40. The number of aromatic hydroxyl groups is 1. The number of nitrogens with two attached hydrogens (primary N) is 1. The van der Waals surface area contributed by atoms with Crippen LogP contribution >= 0.6 is 0 Å². The molecule has 4 N–H and O–H groups in total. The minimum atomic E-state index is -0.201. The Kier molecular flexibility index (Phi) is 3.87. The quantitative estimate of drug-likeness (QED) is 0.745. The van der Waals surface area contributed by atoms with Crippen molar-refractivity contribution in [1.29, 1.82) is 0 Å². The molecule has 1 aromatic carbocycles. The summed E-state index contributed by atoms with van der Waals surface area (Å²) in [6, 6.07) is 5.54. The second-order valence-electron chi connectivity index (χ2n) is 5.11. The van der Waals surface area contributed by atoms with Gasteiger partial charge in [-0.25, -0.2) is 0 Å². The van der Waals surface area contributed by atoms with Crippen molar-refractivity contribution in [2.45, 2.75) is 44.7 Å². The standard InChI is InChI=1S/C14H20N2O2/c1-9-2-7-12(13(17)8-9)14(18)16-11-5-3-10(15)4-6-11/h2,7-8,10-11,17H,3-6,15H2,1H3,(H,16,18). The fraction of sp³-hybridized carbons (Fsp3) is 0.500. The Morgan fingerprint density at radius 1 is 1.33 bits per heavy atom. The Morgan fingerprint density at radius 2 is 2.00 bits per heavy atom. The van der Waals surface area contributed by atoms with Crippen molar-refractivity contribution in [2.75, 3.05) is 0 Å². The molecule has 0 saturated heterocycles. The van der Waals surface area contributed by atoms with Gasteiger partial charge in [-0.1, -0.05) is 6.07 Å². The fourth-order valence-electron chi connectivity index (χ4n) is 2.36. The highest BCUT2D eigenvalue weighted by Gasteiger charge is 2.21. The van der Waals surface area contributed by atoms with Crippen molar-refractivity contribution < 1.29 is 9.90 Å². The number of aryl methyl sites for hydroxylation is 1. The summed E-state index contributed by atoms with van der Waals surface area (Å²) < 4.78 is 0. The van der Waals surface area contributed by atoms with Gasteiger partial charge in [0.15, 0.2) is 0 Å². The summed E-state index contributed by atoms with van der Waals surface area (Å²) in [5.41, 5.74) is 7.11. The van der Waals surface area contributed by atoms with Crippen LogP contribution < -0.4 is 11.1 Å². The molecule has 0 bridgehead atoms. The molecule has 4 nitrogen and oxygen atoms in total. The van der Waals surface area contributed by atoms with E-state index >= 15 is 0 Å². The molecule has 0 radical (unpaired) electrons. The van der Waals surface area contributed by atoms with Crippen LogP contribution in [-0.4, -0.2) is 23.1 Å². The molecule has 1 aliphatic carbocycles. The SMILES string of the molecule is Cc1ccc(C(=O)NC2CCC(N)CC2)c(O)c1. The lowest BCUT2D eigenvalue weighted by Crippen LogP contribution is -2.40. The molecule has 0 spiro atoms. The number of carbonyl (C=O) groups excluding carboxylic acids is 1. The van der Waals surface area contributed by atoms with Crippen LogP contribution in [0.2, 0.25) is 0 Å². The van der Waals surface area contributed by atoms with Crippen molar-refractivity contribution >= 4 is 5.91 Å². The minimum absolute atomic E-state index is 0.0417. The molecule has 1 saturated carbocycles. The topological polar surface area (TPSA) is 75.4 Å². The van der Waals surface area contributed by atoms with Crippen LogP contribution in [0.4, 0.5) is 0 Å². The first kappa shape index (κ1) is 12.9. The molecule has 1 aromatic rings. The van der Waals surface area contributed by atoms with Crippen molar-refractivity contribution in [3.63, 3.8) is 0 Å². The highest BCUT2D eigenvalue weighted by molar-refractivity contribution is 5.97. The van der Waals surface area contributed by atoms with E-state index < -0.39 is 0 Å². The van der Waals surface area contributed by atoms with Crippen LogP contribution in [0.25, 0.3) is 0 Å². The molecule has 98 valence electrons. The average molecular weight is 248 g/mol. The summed E-state index contributed by atoms with van der Waals surface area (Å²) in [6.07, 6.45) is 3.73. The Hall–Kier alpha value is -1.55. The summed E-state index contributed by atoms with van der Waals surface area (Å²) in [4.78, 5) is 12.0. The van der Waals surface area contributed by atoms with Crippen LogP contribution in [0.5, 0.6) is 5.75 Å². The van der Waals surface area contributed by atoms with E-state index in [1.807, 2.05) is 13.0 Å². The van der Waals surface area contributed by atoms with E-state index in [9.17, 15) is 9.90 Å². The summed E-state index contributed by atoms with van der Waals surface area (Å²) in [7, 11) is 0. The van der Waals surface area contributed by atoms with E-state index in [2.05, 4.69) is 5.32 Å². The van der Waals surface area contributed by atoms with Crippen LogP contribution in [0, 0.1) is 6.92 Å². The Bertz CT molecular complexity index is 437. The molecule has 0 atom stereocenters. The number of hydrogen-bond donors (Lipinski definition) is 3. The summed E-state index contributed by atoms with van der Waals surface area (Å²) in [5.74, 6) is -0.159. The van der Waals surface area contributed by atoms with Gasteiger partial charge in [0, 0.05) is 12.1 Å². The molecule has 18 heavy (non-hydrogen) atoms. The van der Waals surface area contributed by atoms with Crippen molar-refractivity contribution in [3.05, 3.63) is 29.3 Å². The van der Waals surface area contributed by atoms with E-state index in [1.165, 1.54) is 0 Å². The highest BCUT2D eigenvalue weighted by atomic mass is 16.3. The number of rotatable bonds is 2. The maximum Gasteiger partial charge on any atom is 0.255 e. The predicted molar refractivity (Wildman–Crippen MR) is 70.5 cm³/mol. The van der Waals surface area contributed by atoms with Crippen LogP contribution in [0.15, 0.2) is 18.2 Å². The predicted octanol–water partition coefficient (Wildman–Crippen LogP) is 1.70. The van der Waals surface area contributed by atoms with Crippen LogP contribution in [0.1, 0.15) is 41.6 Å². The number of benzene rings is 1. The maximum atomic E-state index is 12.0. The number of nitrogens with one attached hydrogen (secondary N) is 1. The van der Waals surface area contributed by atoms with Crippen LogP contribution in [0.3, 0.4) is 0 Å². The van der Waals surface area contributed by atoms with Gasteiger partial charge in [0.05, 0.1) is 5.56 Å². The molecule has 0 aliphatic heterocycles. The smallest absolute Gasteiger partial charge is 0.255 e. The van der Waals surface area contributed by atoms with Crippen LogP contribution in [-0.2, 0) is 0 Å². The van der Waals surface area contributed by atoms with Gasteiger partial charge in [-0.15, -0.1) is 0 Å². The van der Waals surface area contributed by atoms with E-state index in [4.69, 9.17) is 5.73 Å². The Balaban J connectivity index is 1.99. The molecule has 4 heteroatoms. The van der Waals surface area contributed by atoms with Gasteiger partial charge in [0.25, 0.3) is 5.91 Å². The first-order chi connectivity index (χ1) is 8.56. The van der Waals surface area contributed by atoms with Gasteiger partial charge in [-0.3, -0.25) is 4.79 Å². The molecule has 0 heterocycles. The summed E-state index contributed by atoms with van der Waals surface area (Å²) >= 11 is 0.